The minimum absolute atomic E-state index is 0.226. The molecule has 3 aromatic rings. The predicted octanol–water partition coefficient (Wildman–Crippen LogP) is 4.18. The number of carbonyl (C=O) groups excluding carboxylic acids is 1. The zero-order valence-electron chi connectivity index (χ0n) is 16.5. The molecule has 1 aromatic heterocycles. The Kier molecular flexibility index (Phi) is 5.77. The summed E-state index contributed by atoms with van der Waals surface area (Å²) in [4.78, 5) is 15.0. The van der Waals surface area contributed by atoms with Crippen LogP contribution < -0.4 is 0 Å². The second-order valence-electron chi connectivity index (χ2n) is 7.81. The van der Waals surface area contributed by atoms with Crippen molar-refractivity contribution >= 4 is 16.8 Å². The Labute approximate surface area is 166 Å². The van der Waals surface area contributed by atoms with Crippen molar-refractivity contribution in [1.82, 2.24) is 9.47 Å². The van der Waals surface area contributed by atoms with E-state index in [0.29, 0.717) is 25.6 Å². The summed E-state index contributed by atoms with van der Waals surface area (Å²) in [6, 6.07) is 18.5. The average Bonchev–Trinajstić information content (AvgIpc) is 3.05. The van der Waals surface area contributed by atoms with Crippen molar-refractivity contribution in [1.29, 1.82) is 0 Å². The van der Waals surface area contributed by atoms with Gasteiger partial charge in [-0.05, 0) is 36.0 Å². The van der Waals surface area contributed by atoms with Gasteiger partial charge in [-0.2, -0.15) is 0 Å². The number of hydrogen-bond acceptors (Lipinski definition) is 2. The van der Waals surface area contributed by atoms with E-state index in [1.807, 2.05) is 42.3 Å². The Hall–Kier alpha value is -2.59. The number of ether oxygens (including phenoxy) is 1. The normalized spacial score (nSPS) is 17.2. The zero-order chi connectivity index (χ0) is 19.3. The van der Waals surface area contributed by atoms with Crippen LogP contribution in [0, 0.1) is 5.92 Å². The predicted molar refractivity (Wildman–Crippen MR) is 112 cm³/mol. The summed E-state index contributed by atoms with van der Waals surface area (Å²) in [5, 5.41) is 1.18. The molecule has 146 valence electrons. The highest BCUT2D eigenvalue weighted by atomic mass is 16.5. The Morgan fingerprint density at radius 1 is 1.11 bits per heavy atom. The van der Waals surface area contributed by atoms with Gasteiger partial charge < -0.3 is 14.2 Å². The lowest BCUT2D eigenvalue weighted by atomic mass is 9.98. The number of fused-ring (bicyclic) bond motifs is 1. The van der Waals surface area contributed by atoms with Gasteiger partial charge in [-0.25, -0.2) is 0 Å². The van der Waals surface area contributed by atoms with E-state index in [9.17, 15) is 4.79 Å². The van der Waals surface area contributed by atoms with E-state index in [2.05, 4.69) is 35.0 Å². The smallest absolute Gasteiger partial charge is 0.227 e. The molecule has 1 atom stereocenters. The third kappa shape index (κ3) is 4.28. The van der Waals surface area contributed by atoms with Crippen LogP contribution in [0.15, 0.2) is 60.8 Å². The quantitative estimate of drug-likeness (QED) is 0.647. The van der Waals surface area contributed by atoms with Crippen LogP contribution in [0.3, 0.4) is 0 Å². The van der Waals surface area contributed by atoms with Crippen LogP contribution in [0.5, 0.6) is 0 Å². The molecule has 1 aliphatic heterocycles. The van der Waals surface area contributed by atoms with Crippen molar-refractivity contribution in [2.45, 2.75) is 25.9 Å². The maximum Gasteiger partial charge on any atom is 0.227 e. The summed E-state index contributed by atoms with van der Waals surface area (Å²) < 4.78 is 8.03. The van der Waals surface area contributed by atoms with E-state index in [-0.39, 0.29) is 5.91 Å². The van der Waals surface area contributed by atoms with Gasteiger partial charge in [0.2, 0.25) is 5.91 Å². The number of hydrogen-bond donors (Lipinski definition) is 0. The third-order valence-corrected chi connectivity index (χ3v) is 5.66. The number of amides is 1. The number of rotatable bonds is 6. The topological polar surface area (TPSA) is 34.5 Å². The van der Waals surface area contributed by atoms with Gasteiger partial charge in [-0.15, -0.1) is 0 Å². The lowest BCUT2D eigenvalue weighted by molar-refractivity contribution is -0.132. The van der Waals surface area contributed by atoms with Crippen molar-refractivity contribution in [3.8, 4) is 0 Å². The van der Waals surface area contributed by atoms with Crippen molar-refractivity contribution in [3.63, 3.8) is 0 Å². The molecule has 1 saturated heterocycles. The number of nitrogens with zero attached hydrogens (tertiary/aromatic N) is 2. The Morgan fingerprint density at radius 3 is 2.75 bits per heavy atom. The van der Waals surface area contributed by atoms with Gasteiger partial charge in [0.15, 0.2) is 0 Å². The van der Waals surface area contributed by atoms with Crippen LogP contribution in [0.2, 0.25) is 0 Å². The highest BCUT2D eigenvalue weighted by molar-refractivity contribution is 5.89. The summed E-state index contributed by atoms with van der Waals surface area (Å²) in [5.74, 6) is 0.651. The van der Waals surface area contributed by atoms with Gasteiger partial charge in [0.05, 0.1) is 19.6 Å². The van der Waals surface area contributed by atoms with Crippen LogP contribution in [-0.2, 0) is 29.6 Å². The molecule has 0 N–H and O–H groups in total. The van der Waals surface area contributed by atoms with Crippen molar-refractivity contribution in [3.05, 3.63) is 71.9 Å². The maximum atomic E-state index is 12.9. The van der Waals surface area contributed by atoms with Crippen molar-refractivity contribution < 1.29 is 9.53 Å². The molecule has 0 bridgehead atoms. The van der Waals surface area contributed by atoms with Crippen LogP contribution in [0.1, 0.15) is 24.0 Å². The third-order valence-electron chi connectivity index (χ3n) is 5.66. The fourth-order valence-corrected chi connectivity index (χ4v) is 4.19. The Balaban J connectivity index is 1.33. The molecule has 4 rings (SSSR count). The van der Waals surface area contributed by atoms with Gasteiger partial charge in [0.1, 0.15) is 0 Å². The second-order valence-corrected chi connectivity index (χ2v) is 7.81. The molecule has 1 fully saturated rings. The van der Waals surface area contributed by atoms with E-state index in [4.69, 9.17) is 4.74 Å². The molecule has 4 heteroatoms. The molecule has 28 heavy (non-hydrogen) atoms. The van der Waals surface area contributed by atoms with Crippen LogP contribution in [-0.4, -0.2) is 35.1 Å². The summed E-state index contributed by atoms with van der Waals surface area (Å²) in [6.07, 6.45) is 4.75. The largest absolute Gasteiger partial charge is 0.376 e. The highest BCUT2D eigenvalue weighted by Gasteiger charge is 2.24. The molecule has 1 aliphatic rings. The number of benzene rings is 2. The molecule has 0 radical (unpaired) electrons. The van der Waals surface area contributed by atoms with E-state index in [1.54, 1.807) is 0 Å². The average molecular weight is 377 g/mol. The number of aryl methyl sites for hydroxylation is 1. The van der Waals surface area contributed by atoms with Crippen LogP contribution >= 0.6 is 0 Å². The Bertz CT molecular complexity index is 932. The highest BCUT2D eigenvalue weighted by Crippen LogP contribution is 2.23. The summed E-state index contributed by atoms with van der Waals surface area (Å²) >= 11 is 0. The van der Waals surface area contributed by atoms with Crippen LogP contribution in [0.4, 0.5) is 0 Å². The molecule has 1 amide bonds. The minimum atomic E-state index is 0.226. The first kappa shape index (κ1) is 18.8. The molecule has 2 aromatic carbocycles. The van der Waals surface area contributed by atoms with Gasteiger partial charge in [0.25, 0.3) is 0 Å². The number of likely N-dealkylation sites (tertiary alicyclic amines) is 1. The molecule has 4 nitrogen and oxygen atoms in total. The van der Waals surface area contributed by atoms with Crippen LogP contribution in [0.25, 0.3) is 10.9 Å². The standard InChI is InChI=1S/C24H28N2O2/c1-25-16-21(22-11-5-6-12-23(22)25)14-24(27)26-13-7-10-20(15-26)18-28-17-19-8-3-2-4-9-19/h2-6,8-9,11-12,16,20H,7,10,13-15,17-18H2,1H3. The monoisotopic (exact) mass is 376 g/mol. The summed E-state index contributed by atoms with van der Waals surface area (Å²) in [7, 11) is 2.04. The first-order chi connectivity index (χ1) is 13.7. The fourth-order valence-electron chi connectivity index (χ4n) is 4.19. The molecular formula is C24H28N2O2. The number of aromatic nitrogens is 1. The van der Waals surface area contributed by atoms with E-state index in [1.165, 1.54) is 16.5 Å². The zero-order valence-corrected chi connectivity index (χ0v) is 16.5. The molecule has 1 unspecified atom stereocenters. The first-order valence-electron chi connectivity index (χ1n) is 10.1. The maximum absolute atomic E-state index is 12.9. The van der Waals surface area contributed by atoms with Gasteiger partial charge in [-0.3, -0.25) is 4.79 Å². The van der Waals surface area contributed by atoms with E-state index < -0.39 is 0 Å². The van der Waals surface area contributed by atoms with Gasteiger partial charge in [0, 0.05) is 37.2 Å². The van der Waals surface area contributed by atoms with E-state index >= 15 is 0 Å². The minimum Gasteiger partial charge on any atom is -0.376 e. The SMILES string of the molecule is Cn1cc(CC(=O)N2CCCC(COCc3ccccc3)C2)c2ccccc21. The number of carbonyl (C=O) groups is 1. The Morgan fingerprint density at radius 2 is 1.89 bits per heavy atom. The molecule has 0 saturated carbocycles. The summed E-state index contributed by atoms with van der Waals surface area (Å²) in [6.45, 7) is 3.02. The first-order valence-corrected chi connectivity index (χ1v) is 10.1. The molecule has 2 heterocycles. The fraction of sp³-hybridized carbons (Fsp3) is 0.375. The van der Waals surface area contributed by atoms with Crippen molar-refractivity contribution in [2.75, 3.05) is 19.7 Å². The lowest BCUT2D eigenvalue weighted by Crippen LogP contribution is -2.41. The lowest BCUT2D eigenvalue weighted by Gasteiger charge is -2.32. The van der Waals surface area contributed by atoms with Crippen molar-refractivity contribution in [2.24, 2.45) is 13.0 Å². The molecule has 0 spiro atoms. The second kappa shape index (κ2) is 8.61. The van der Waals surface area contributed by atoms with Gasteiger partial charge >= 0.3 is 0 Å². The number of piperidine rings is 1. The summed E-state index contributed by atoms with van der Waals surface area (Å²) in [5.41, 5.74) is 3.49. The number of para-hydroxylation sites is 1. The van der Waals surface area contributed by atoms with Gasteiger partial charge in [-0.1, -0.05) is 48.5 Å². The molecule has 0 aliphatic carbocycles. The van der Waals surface area contributed by atoms with E-state index in [0.717, 1.165) is 31.5 Å². The molecular weight excluding hydrogens is 348 g/mol.